The van der Waals surface area contributed by atoms with Gasteiger partial charge in [-0.05, 0) is 51.4 Å². The van der Waals surface area contributed by atoms with Crippen LogP contribution in [-0.2, 0) is 65.4 Å². The van der Waals surface area contributed by atoms with Crippen molar-refractivity contribution in [3.8, 4) is 0 Å². The van der Waals surface area contributed by atoms with Crippen LogP contribution in [-0.4, -0.2) is 96.7 Å². The van der Waals surface area contributed by atoms with E-state index in [0.29, 0.717) is 25.7 Å². The molecule has 0 aromatic rings. The molecule has 0 aliphatic heterocycles. The Balaban J connectivity index is 5.26. The lowest BCUT2D eigenvalue weighted by atomic mass is 10.0. The van der Waals surface area contributed by atoms with Crippen molar-refractivity contribution in [2.24, 2.45) is 0 Å². The lowest BCUT2D eigenvalue weighted by molar-refractivity contribution is -0.161. The van der Waals surface area contributed by atoms with Crippen molar-refractivity contribution in [2.75, 3.05) is 39.6 Å². The van der Waals surface area contributed by atoms with Gasteiger partial charge < -0.3 is 33.8 Å². The molecule has 0 radical (unpaired) electrons. The van der Waals surface area contributed by atoms with Crippen molar-refractivity contribution in [1.82, 2.24) is 0 Å². The van der Waals surface area contributed by atoms with Gasteiger partial charge in [-0.1, -0.05) is 341 Å². The van der Waals surface area contributed by atoms with E-state index in [1.54, 1.807) is 0 Å². The number of phosphoric ester groups is 2. The molecule has 3 N–H and O–H groups in total. The van der Waals surface area contributed by atoms with E-state index in [9.17, 15) is 43.2 Å². The molecule has 0 heterocycles. The molecule has 572 valence electrons. The van der Waals surface area contributed by atoms with E-state index in [-0.39, 0.29) is 25.7 Å². The third-order valence-corrected chi connectivity index (χ3v) is 19.6. The van der Waals surface area contributed by atoms with Gasteiger partial charge in [0, 0.05) is 25.7 Å². The lowest BCUT2D eigenvalue weighted by Crippen LogP contribution is -2.30. The highest BCUT2D eigenvalue weighted by atomic mass is 31.2. The number of hydrogen-bond acceptors (Lipinski definition) is 15. The first kappa shape index (κ1) is 94.5. The number of rotatable bonds is 77. The summed E-state index contributed by atoms with van der Waals surface area (Å²) in [4.78, 5) is 72.8. The van der Waals surface area contributed by atoms with E-state index in [1.165, 1.54) is 212 Å². The second-order valence-corrected chi connectivity index (χ2v) is 30.3. The zero-order valence-corrected chi connectivity index (χ0v) is 64.3. The number of unbranched alkanes of at least 4 members (excludes halogenated alkanes) is 48. The summed E-state index contributed by atoms with van der Waals surface area (Å²) >= 11 is 0. The highest BCUT2D eigenvalue weighted by molar-refractivity contribution is 7.47. The summed E-state index contributed by atoms with van der Waals surface area (Å²) in [6, 6.07) is 0. The largest absolute Gasteiger partial charge is 0.472 e. The van der Waals surface area contributed by atoms with Gasteiger partial charge in [0.05, 0.1) is 26.4 Å². The van der Waals surface area contributed by atoms with Gasteiger partial charge in [-0.3, -0.25) is 37.3 Å². The number of esters is 4. The van der Waals surface area contributed by atoms with Crippen LogP contribution in [0.2, 0.25) is 0 Å². The number of aliphatic hydroxyl groups is 1. The summed E-state index contributed by atoms with van der Waals surface area (Å²) in [5, 5.41) is 10.6. The molecule has 0 saturated carbocycles. The zero-order valence-electron chi connectivity index (χ0n) is 62.5. The SMILES string of the molecule is CCCCCC/C=C\C=C/CCCCCCCC(=O)O[C@H](COC(=O)CCCCCCCCCCC)COP(=O)(O)OC[C@H](O)COP(=O)(O)OC[C@@H](COC(=O)CCCCCCCCCCCCCCCCCC)OC(=O)CCCCCCCCCCCCCCCCCCC. The first-order valence-corrected chi connectivity index (χ1v) is 43.1. The van der Waals surface area contributed by atoms with Crippen LogP contribution in [0.5, 0.6) is 0 Å². The molecule has 0 aliphatic carbocycles. The number of hydrogen-bond donors (Lipinski definition) is 3. The lowest BCUT2D eigenvalue weighted by Gasteiger charge is -2.21. The van der Waals surface area contributed by atoms with Crippen LogP contribution in [0.3, 0.4) is 0 Å². The number of carbonyl (C=O) groups is 4. The smallest absolute Gasteiger partial charge is 0.462 e. The molecule has 0 saturated heterocycles. The first-order chi connectivity index (χ1) is 47.2. The normalized spacial score (nSPS) is 14.0. The number of phosphoric acid groups is 2. The minimum atomic E-state index is -4.96. The zero-order chi connectivity index (χ0) is 71.1. The number of carbonyl (C=O) groups excluding carboxylic acids is 4. The second kappa shape index (κ2) is 71.9. The van der Waals surface area contributed by atoms with Gasteiger partial charge in [-0.25, -0.2) is 9.13 Å². The first-order valence-electron chi connectivity index (χ1n) is 40.1. The Morgan fingerprint density at radius 1 is 0.289 bits per heavy atom. The molecular weight excluding hydrogens is 1270 g/mol. The molecule has 0 spiro atoms. The van der Waals surface area contributed by atoms with Crippen LogP contribution in [0.25, 0.3) is 0 Å². The fourth-order valence-corrected chi connectivity index (χ4v) is 13.1. The minimum Gasteiger partial charge on any atom is -0.462 e. The van der Waals surface area contributed by atoms with E-state index in [2.05, 4.69) is 52.0 Å². The van der Waals surface area contributed by atoms with Gasteiger partial charge in [-0.2, -0.15) is 0 Å². The molecule has 2 unspecified atom stereocenters. The maximum atomic E-state index is 13.1. The molecular formula is C78H148O17P2. The van der Waals surface area contributed by atoms with Gasteiger partial charge in [0.2, 0.25) is 0 Å². The molecule has 0 fully saturated rings. The summed E-state index contributed by atoms with van der Waals surface area (Å²) in [5.41, 5.74) is 0. The van der Waals surface area contributed by atoms with Crippen LogP contribution < -0.4 is 0 Å². The fourth-order valence-electron chi connectivity index (χ4n) is 11.6. The average Bonchev–Trinajstić information content (AvgIpc) is 1.29. The summed E-state index contributed by atoms with van der Waals surface area (Å²) < 4.78 is 68.5. The minimum absolute atomic E-state index is 0.0856. The Labute approximate surface area is 592 Å². The van der Waals surface area contributed by atoms with Gasteiger partial charge in [0.15, 0.2) is 12.2 Å². The number of ether oxygens (including phenoxy) is 4. The molecule has 0 amide bonds. The number of allylic oxidation sites excluding steroid dienone is 4. The van der Waals surface area contributed by atoms with Crippen molar-refractivity contribution >= 4 is 39.5 Å². The maximum absolute atomic E-state index is 13.1. The van der Waals surface area contributed by atoms with E-state index < -0.39 is 97.5 Å². The van der Waals surface area contributed by atoms with Crippen molar-refractivity contribution < 1.29 is 80.2 Å². The van der Waals surface area contributed by atoms with E-state index in [1.807, 2.05) is 0 Å². The van der Waals surface area contributed by atoms with Crippen LogP contribution in [0.15, 0.2) is 24.3 Å². The summed E-state index contributed by atoms with van der Waals surface area (Å²) in [5.74, 6) is -2.14. The van der Waals surface area contributed by atoms with E-state index >= 15 is 0 Å². The molecule has 17 nitrogen and oxygen atoms in total. The van der Waals surface area contributed by atoms with Crippen LogP contribution in [0.1, 0.15) is 394 Å². The van der Waals surface area contributed by atoms with Gasteiger partial charge in [0.1, 0.15) is 19.3 Å². The molecule has 0 rings (SSSR count). The third-order valence-electron chi connectivity index (χ3n) is 17.7. The summed E-state index contributed by atoms with van der Waals surface area (Å²) in [6.07, 6.45) is 65.9. The second-order valence-electron chi connectivity index (χ2n) is 27.4. The monoisotopic (exact) mass is 1420 g/mol. The molecule has 97 heavy (non-hydrogen) atoms. The third kappa shape index (κ3) is 71.7. The maximum Gasteiger partial charge on any atom is 0.472 e. The Bertz CT molecular complexity index is 1940. The molecule has 0 aliphatic rings. The number of aliphatic hydroxyl groups excluding tert-OH is 1. The average molecular weight is 1420 g/mol. The quantitative estimate of drug-likeness (QED) is 0.0169. The summed E-state index contributed by atoms with van der Waals surface area (Å²) in [7, 11) is -9.92. The topological polar surface area (TPSA) is 237 Å². The molecule has 0 bridgehead atoms. The Hall–Kier alpha value is -2.46. The van der Waals surface area contributed by atoms with Gasteiger partial charge in [-0.15, -0.1) is 0 Å². The molecule has 0 aromatic carbocycles. The predicted molar refractivity (Wildman–Crippen MR) is 395 cm³/mol. The highest BCUT2D eigenvalue weighted by Gasteiger charge is 2.30. The molecule has 19 heteroatoms. The van der Waals surface area contributed by atoms with Gasteiger partial charge >= 0.3 is 39.5 Å². The summed E-state index contributed by atoms with van der Waals surface area (Å²) in [6.45, 7) is 4.93. The van der Waals surface area contributed by atoms with Crippen LogP contribution in [0, 0.1) is 0 Å². The van der Waals surface area contributed by atoms with E-state index in [4.69, 9.17) is 37.0 Å². The van der Waals surface area contributed by atoms with Crippen LogP contribution in [0.4, 0.5) is 0 Å². The Morgan fingerprint density at radius 2 is 0.495 bits per heavy atom. The van der Waals surface area contributed by atoms with Crippen molar-refractivity contribution in [3.63, 3.8) is 0 Å². The van der Waals surface area contributed by atoms with Crippen LogP contribution >= 0.6 is 15.6 Å². The standard InChI is InChI=1S/C78H148O17P2/c1-5-9-13-17-21-25-28-31-34-36-39-42-45-49-53-57-61-65-78(83)95-74(69-89-76(81)63-59-55-51-47-43-40-38-35-32-29-26-22-18-14-10-6-2)71-93-97(86,87)91-67-72(79)66-90-96(84,85)92-70-73(68-88-75(80)62-58-54-50-46-24-20-16-12-8-4)94-77(82)64-60-56-52-48-44-41-37-33-30-27-23-19-15-11-7-3/h27,30,33,37,72-74,79H,5-26,28-29,31-32,34-36,38-71H2,1-4H3,(H,84,85)(H,86,87)/b30-27-,37-33-/t72-,73+,74+/m0/s1. The Morgan fingerprint density at radius 3 is 0.753 bits per heavy atom. The highest BCUT2D eigenvalue weighted by Crippen LogP contribution is 2.45. The molecule has 5 atom stereocenters. The van der Waals surface area contributed by atoms with Crippen molar-refractivity contribution in [1.29, 1.82) is 0 Å². The molecule has 0 aromatic heterocycles. The fraction of sp³-hybridized carbons (Fsp3) is 0.897. The van der Waals surface area contributed by atoms with Gasteiger partial charge in [0.25, 0.3) is 0 Å². The predicted octanol–water partition coefficient (Wildman–Crippen LogP) is 23.0. The van der Waals surface area contributed by atoms with Crippen molar-refractivity contribution in [2.45, 2.75) is 412 Å². The Kier molecular flexibility index (Phi) is 70.1. The van der Waals surface area contributed by atoms with Crippen molar-refractivity contribution in [3.05, 3.63) is 24.3 Å². The van der Waals surface area contributed by atoms with E-state index in [0.717, 1.165) is 103 Å².